The summed E-state index contributed by atoms with van der Waals surface area (Å²) >= 11 is 0. The molecule has 0 fully saturated rings. The first-order valence-corrected chi connectivity index (χ1v) is 7.24. The largest absolute Gasteiger partial charge is 0.493 e. The molecule has 0 aliphatic heterocycles. The molecule has 0 unspecified atom stereocenters. The van der Waals surface area contributed by atoms with Gasteiger partial charge in [0.25, 0.3) is 0 Å². The summed E-state index contributed by atoms with van der Waals surface area (Å²) in [6, 6.07) is 22.1. The van der Waals surface area contributed by atoms with E-state index in [2.05, 4.69) is 17.3 Å². The van der Waals surface area contributed by atoms with Crippen LogP contribution < -0.4 is 4.74 Å². The van der Waals surface area contributed by atoms with Gasteiger partial charge in [-0.25, -0.2) is 0 Å². The Morgan fingerprint density at radius 2 is 1.68 bits per heavy atom. The zero-order chi connectivity index (χ0) is 15.2. The number of benzene rings is 3. The molecule has 0 aliphatic rings. The Hall–Kier alpha value is -2.81. The number of oxime groups is 1. The molecule has 0 saturated carbocycles. The van der Waals surface area contributed by atoms with E-state index in [1.807, 2.05) is 54.6 Å². The second-order valence-corrected chi connectivity index (χ2v) is 5.03. The Balaban J connectivity index is 1.82. The smallest absolute Gasteiger partial charge is 0.128 e. The molecule has 0 amide bonds. The summed E-state index contributed by atoms with van der Waals surface area (Å²) in [7, 11) is 0. The monoisotopic (exact) mass is 291 g/mol. The molecule has 0 bridgehead atoms. The third-order valence-corrected chi connectivity index (χ3v) is 3.61. The summed E-state index contributed by atoms with van der Waals surface area (Å²) in [5, 5.41) is 14.2. The maximum Gasteiger partial charge on any atom is 0.128 e. The van der Waals surface area contributed by atoms with E-state index in [0.29, 0.717) is 6.61 Å². The van der Waals surface area contributed by atoms with Crippen molar-refractivity contribution in [3.63, 3.8) is 0 Å². The van der Waals surface area contributed by atoms with Crippen LogP contribution in [-0.4, -0.2) is 18.0 Å². The van der Waals surface area contributed by atoms with Gasteiger partial charge in [-0.3, -0.25) is 0 Å². The zero-order valence-corrected chi connectivity index (χ0v) is 12.1. The number of ether oxygens (including phenoxy) is 1. The number of nitrogens with zero attached hydrogens (tertiary/aromatic N) is 1. The van der Waals surface area contributed by atoms with Gasteiger partial charge in [-0.1, -0.05) is 65.8 Å². The second-order valence-electron chi connectivity index (χ2n) is 5.03. The third kappa shape index (κ3) is 3.09. The van der Waals surface area contributed by atoms with Crippen LogP contribution in [0.1, 0.15) is 11.1 Å². The molecule has 0 atom stereocenters. The number of rotatable bonds is 5. The Labute approximate surface area is 129 Å². The van der Waals surface area contributed by atoms with Gasteiger partial charge in [0, 0.05) is 12.0 Å². The molecular formula is C19H17NO2. The highest BCUT2D eigenvalue weighted by Crippen LogP contribution is 2.26. The van der Waals surface area contributed by atoms with Gasteiger partial charge in [-0.2, -0.15) is 0 Å². The van der Waals surface area contributed by atoms with Gasteiger partial charge in [-0.05, 0) is 22.4 Å². The van der Waals surface area contributed by atoms with Crippen molar-refractivity contribution < 1.29 is 9.94 Å². The SMILES string of the molecule is ON=Cc1c(OCCc2ccccc2)ccc2ccccc12. The van der Waals surface area contributed by atoms with Crippen LogP contribution in [0, 0.1) is 0 Å². The van der Waals surface area contributed by atoms with Crippen LogP contribution in [0.25, 0.3) is 10.8 Å². The highest BCUT2D eigenvalue weighted by molar-refractivity contribution is 6.02. The van der Waals surface area contributed by atoms with E-state index in [-0.39, 0.29) is 0 Å². The number of hydrogen-bond donors (Lipinski definition) is 1. The first kappa shape index (κ1) is 14.1. The summed E-state index contributed by atoms with van der Waals surface area (Å²) in [6.07, 6.45) is 2.27. The van der Waals surface area contributed by atoms with Crippen molar-refractivity contribution in [2.45, 2.75) is 6.42 Å². The number of hydrogen-bond acceptors (Lipinski definition) is 3. The molecule has 0 heterocycles. The molecule has 3 aromatic rings. The van der Waals surface area contributed by atoms with E-state index in [4.69, 9.17) is 9.94 Å². The maximum absolute atomic E-state index is 8.92. The normalized spacial score (nSPS) is 11.1. The molecular weight excluding hydrogens is 274 g/mol. The molecule has 3 rings (SSSR count). The van der Waals surface area contributed by atoms with Gasteiger partial charge in [-0.15, -0.1) is 0 Å². The van der Waals surface area contributed by atoms with Crippen molar-refractivity contribution in [3.8, 4) is 5.75 Å². The standard InChI is InChI=1S/C19H17NO2/c21-20-14-18-17-9-5-4-8-16(17)10-11-19(18)22-13-12-15-6-2-1-3-7-15/h1-11,14,21H,12-13H2. The van der Waals surface area contributed by atoms with Gasteiger partial charge in [0.15, 0.2) is 0 Å². The van der Waals surface area contributed by atoms with Crippen LogP contribution in [0.3, 0.4) is 0 Å². The lowest BCUT2D eigenvalue weighted by Gasteiger charge is -2.11. The van der Waals surface area contributed by atoms with Gasteiger partial charge in [0.05, 0.1) is 12.8 Å². The van der Waals surface area contributed by atoms with E-state index < -0.39 is 0 Å². The summed E-state index contributed by atoms with van der Waals surface area (Å²) in [4.78, 5) is 0. The van der Waals surface area contributed by atoms with E-state index in [9.17, 15) is 0 Å². The first-order chi connectivity index (χ1) is 10.9. The highest BCUT2D eigenvalue weighted by Gasteiger charge is 2.07. The molecule has 110 valence electrons. The minimum absolute atomic E-state index is 0.578. The lowest BCUT2D eigenvalue weighted by atomic mass is 10.0. The lowest BCUT2D eigenvalue weighted by Crippen LogP contribution is -2.03. The van der Waals surface area contributed by atoms with Crippen molar-refractivity contribution >= 4 is 17.0 Å². The summed E-state index contributed by atoms with van der Waals surface area (Å²) in [6.45, 7) is 0.578. The van der Waals surface area contributed by atoms with Crippen LogP contribution in [-0.2, 0) is 6.42 Å². The molecule has 22 heavy (non-hydrogen) atoms. The van der Waals surface area contributed by atoms with Crippen LogP contribution in [0.5, 0.6) is 5.75 Å². The zero-order valence-electron chi connectivity index (χ0n) is 12.1. The highest BCUT2D eigenvalue weighted by atomic mass is 16.5. The molecule has 3 heteroatoms. The Morgan fingerprint density at radius 1 is 0.909 bits per heavy atom. The molecule has 0 aromatic heterocycles. The minimum Gasteiger partial charge on any atom is -0.493 e. The van der Waals surface area contributed by atoms with Crippen molar-refractivity contribution in [2.24, 2.45) is 5.16 Å². The van der Waals surface area contributed by atoms with E-state index in [0.717, 1.165) is 28.5 Å². The molecule has 0 radical (unpaired) electrons. The first-order valence-electron chi connectivity index (χ1n) is 7.24. The van der Waals surface area contributed by atoms with Crippen LogP contribution in [0.2, 0.25) is 0 Å². The second kappa shape index (κ2) is 6.76. The van der Waals surface area contributed by atoms with Crippen LogP contribution >= 0.6 is 0 Å². The number of fused-ring (bicyclic) bond motifs is 1. The van der Waals surface area contributed by atoms with E-state index >= 15 is 0 Å². The molecule has 0 saturated heterocycles. The molecule has 0 spiro atoms. The topological polar surface area (TPSA) is 41.8 Å². The summed E-state index contributed by atoms with van der Waals surface area (Å²) < 4.78 is 5.90. The predicted molar refractivity (Wildman–Crippen MR) is 89.0 cm³/mol. The van der Waals surface area contributed by atoms with E-state index in [1.165, 1.54) is 11.8 Å². The fourth-order valence-electron chi connectivity index (χ4n) is 2.52. The van der Waals surface area contributed by atoms with Gasteiger partial charge in [0.1, 0.15) is 5.75 Å². The average Bonchev–Trinajstić information content (AvgIpc) is 2.58. The van der Waals surface area contributed by atoms with Gasteiger partial charge < -0.3 is 9.94 Å². The fourth-order valence-corrected chi connectivity index (χ4v) is 2.52. The van der Waals surface area contributed by atoms with Gasteiger partial charge >= 0.3 is 0 Å². The van der Waals surface area contributed by atoms with Gasteiger partial charge in [0.2, 0.25) is 0 Å². The summed E-state index contributed by atoms with van der Waals surface area (Å²) in [5.41, 5.74) is 2.04. The van der Waals surface area contributed by atoms with E-state index in [1.54, 1.807) is 0 Å². The lowest BCUT2D eigenvalue weighted by molar-refractivity contribution is 0.316. The van der Waals surface area contributed by atoms with Crippen molar-refractivity contribution in [1.29, 1.82) is 0 Å². The molecule has 1 N–H and O–H groups in total. The Morgan fingerprint density at radius 3 is 2.50 bits per heavy atom. The predicted octanol–water partition coefficient (Wildman–Crippen LogP) is 4.27. The van der Waals surface area contributed by atoms with Crippen molar-refractivity contribution in [1.82, 2.24) is 0 Å². The minimum atomic E-state index is 0.578. The molecule has 3 aromatic carbocycles. The summed E-state index contributed by atoms with van der Waals surface area (Å²) in [5.74, 6) is 0.729. The van der Waals surface area contributed by atoms with Crippen molar-refractivity contribution in [2.75, 3.05) is 6.61 Å². The molecule has 3 nitrogen and oxygen atoms in total. The Kier molecular flexibility index (Phi) is 4.35. The fraction of sp³-hybridized carbons (Fsp3) is 0.105. The molecule has 0 aliphatic carbocycles. The quantitative estimate of drug-likeness (QED) is 0.433. The third-order valence-electron chi connectivity index (χ3n) is 3.61. The van der Waals surface area contributed by atoms with Crippen LogP contribution in [0.4, 0.5) is 0 Å². The van der Waals surface area contributed by atoms with Crippen LogP contribution in [0.15, 0.2) is 71.9 Å². The Bertz CT molecular complexity index is 782. The average molecular weight is 291 g/mol. The van der Waals surface area contributed by atoms with Crippen molar-refractivity contribution in [3.05, 3.63) is 77.9 Å². The maximum atomic E-state index is 8.92.